The fourth-order valence-corrected chi connectivity index (χ4v) is 9.39. The van der Waals surface area contributed by atoms with Crippen molar-refractivity contribution in [3.63, 3.8) is 0 Å². The van der Waals surface area contributed by atoms with E-state index in [1.165, 1.54) is 0 Å². The molecule has 0 heterocycles. The molecular weight excluding hydrogens is 610 g/mol. The van der Waals surface area contributed by atoms with Gasteiger partial charge in [0.15, 0.2) is 5.40 Å². The summed E-state index contributed by atoms with van der Waals surface area (Å²) in [6, 6.07) is 36.4. The Balaban J connectivity index is 1.76. The van der Waals surface area contributed by atoms with Crippen LogP contribution in [0, 0.1) is 0 Å². The molecule has 238 valence electrons. The van der Waals surface area contributed by atoms with E-state index in [9.17, 15) is 4.79 Å². The summed E-state index contributed by atoms with van der Waals surface area (Å²) in [4.78, 5) is 13.4. The van der Waals surface area contributed by atoms with Crippen molar-refractivity contribution in [1.29, 1.82) is 0 Å². The highest BCUT2D eigenvalue weighted by Gasteiger charge is 2.53. The number of ether oxygens (including phenoxy) is 1. The van der Waals surface area contributed by atoms with Gasteiger partial charge in [0.05, 0.1) is 32.8 Å². The summed E-state index contributed by atoms with van der Waals surface area (Å²) in [5.41, 5.74) is 1.98. The van der Waals surface area contributed by atoms with E-state index in [1.54, 1.807) is 20.8 Å². The molecule has 0 bridgehead atoms. The summed E-state index contributed by atoms with van der Waals surface area (Å²) < 4.78 is 60.0. The van der Waals surface area contributed by atoms with E-state index in [0.717, 1.165) is 0 Å². The molecule has 0 saturated heterocycles. The maximum absolute atomic E-state index is 15.0. The normalized spacial score (nSPS) is 12.3. The first-order valence-electron chi connectivity index (χ1n) is 14.7. The molecule has 0 atom stereocenters. The van der Waals surface area contributed by atoms with Crippen molar-refractivity contribution < 1.29 is 36.8 Å². The van der Waals surface area contributed by atoms with Gasteiger partial charge in [0.25, 0.3) is 0 Å². The first-order valence-corrected chi connectivity index (χ1v) is 17.9. The molecule has 0 aliphatic carbocycles. The first kappa shape index (κ1) is 34.5. The van der Waals surface area contributed by atoms with Crippen molar-refractivity contribution in [3.05, 3.63) is 144 Å². The zero-order valence-electron chi connectivity index (χ0n) is 25.8. The molecule has 0 unspecified atom stereocenters. The lowest BCUT2D eigenvalue weighted by Gasteiger charge is -2.32. The van der Waals surface area contributed by atoms with Crippen LogP contribution in [-0.2, 0) is 63.2 Å². The molecule has 0 spiro atoms. The maximum atomic E-state index is 15.0. The zero-order chi connectivity index (χ0) is 32.2. The van der Waals surface area contributed by atoms with Crippen molar-refractivity contribution in [2.24, 2.45) is 0 Å². The zero-order valence-corrected chi connectivity index (χ0v) is 27.6. The van der Waals surface area contributed by atoms with Crippen molar-refractivity contribution in [2.75, 3.05) is 0 Å². The Hall–Kier alpha value is -3.35. The second kappa shape index (κ2) is 16.3. The van der Waals surface area contributed by atoms with Crippen molar-refractivity contribution in [3.8, 4) is 0 Å². The molecule has 45 heavy (non-hydrogen) atoms. The third-order valence-electron chi connectivity index (χ3n) is 6.52. The number of rotatable bonds is 16. The second-order valence-corrected chi connectivity index (χ2v) is 16.2. The van der Waals surface area contributed by atoms with E-state index in [2.05, 4.69) is 0 Å². The lowest BCUT2D eigenvalue weighted by molar-refractivity contribution is -0.154. The lowest BCUT2D eigenvalue weighted by atomic mass is 10.2. The van der Waals surface area contributed by atoms with Gasteiger partial charge in [-0.3, -0.25) is 13.9 Å². The van der Waals surface area contributed by atoms with E-state index in [0.29, 0.717) is 22.3 Å². The van der Waals surface area contributed by atoms with Crippen molar-refractivity contribution in [2.45, 2.75) is 64.6 Å². The molecule has 0 aromatic heterocycles. The largest absolute Gasteiger partial charge is 0.460 e. The van der Waals surface area contributed by atoms with Gasteiger partial charge in [0.1, 0.15) is 5.60 Å². The van der Waals surface area contributed by atoms with Gasteiger partial charge in [0.2, 0.25) is 0 Å². The molecule has 0 radical (unpaired) electrons. The molecule has 0 aliphatic heterocycles. The minimum atomic E-state index is -4.46. The van der Waals surface area contributed by atoms with Crippen LogP contribution in [0.3, 0.4) is 0 Å². The minimum Gasteiger partial charge on any atom is -0.460 e. The monoisotopic (exact) mass is 650 g/mol. The van der Waals surface area contributed by atoms with Crippen LogP contribution in [0.15, 0.2) is 121 Å². The molecule has 4 aromatic rings. The Labute approximate surface area is 265 Å². The number of hydrogen-bond acceptors (Lipinski definition) is 8. The number of esters is 1. The molecule has 0 saturated carbocycles. The quantitative estimate of drug-likeness (QED) is 0.0874. The third-order valence-corrected chi connectivity index (χ3v) is 12.0. The van der Waals surface area contributed by atoms with E-state index >= 15 is 9.13 Å². The summed E-state index contributed by atoms with van der Waals surface area (Å²) in [6.45, 7) is 4.63. The van der Waals surface area contributed by atoms with Gasteiger partial charge in [-0.1, -0.05) is 121 Å². The molecule has 0 aliphatic rings. The summed E-state index contributed by atoms with van der Waals surface area (Å²) in [5, 5.41) is -1.64. The fraction of sp³-hybridized carbons (Fsp3) is 0.286. The Morgan fingerprint density at radius 3 is 1.04 bits per heavy atom. The van der Waals surface area contributed by atoms with Crippen LogP contribution in [0.25, 0.3) is 0 Å². The molecule has 10 heteroatoms. The Morgan fingerprint density at radius 2 is 0.800 bits per heavy atom. The number of carbonyl (C=O) groups is 1. The maximum Gasteiger partial charge on any atom is 0.347 e. The summed E-state index contributed by atoms with van der Waals surface area (Å²) in [7, 11) is -8.92. The molecular formula is C35H40O8P2. The topological polar surface area (TPSA) is 97.4 Å². The summed E-state index contributed by atoms with van der Waals surface area (Å²) >= 11 is 0. The van der Waals surface area contributed by atoms with Gasteiger partial charge in [-0.15, -0.1) is 0 Å². The molecule has 4 aromatic carbocycles. The highest BCUT2D eigenvalue weighted by Crippen LogP contribution is 2.72. The summed E-state index contributed by atoms with van der Waals surface area (Å²) in [5.74, 6) is -0.744. The molecule has 4 rings (SSSR count). The van der Waals surface area contributed by atoms with Gasteiger partial charge in [-0.25, -0.2) is 0 Å². The van der Waals surface area contributed by atoms with Crippen molar-refractivity contribution in [1.82, 2.24) is 0 Å². The Kier molecular flexibility index (Phi) is 12.5. The first-order chi connectivity index (χ1) is 21.5. The van der Waals surface area contributed by atoms with E-state index in [4.69, 9.17) is 22.8 Å². The SMILES string of the molecule is CC(C)(C)OC(=O)CC(P(=O)(OCc1ccccc1)OCc1ccccc1)P(=O)(OCc1ccccc1)OCc1ccccc1. The van der Waals surface area contributed by atoms with Crippen LogP contribution < -0.4 is 0 Å². The minimum absolute atomic E-state index is 0.130. The predicted molar refractivity (Wildman–Crippen MR) is 174 cm³/mol. The van der Waals surface area contributed by atoms with Crippen molar-refractivity contribution >= 4 is 21.2 Å². The van der Waals surface area contributed by atoms with Crippen LogP contribution in [0.4, 0.5) is 0 Å². The molecule has 0 fully saturated rings. The Bertz CT molecular complexity index is 1360. The summed E-state index contributed by atoms with van der Waals surface area (Å²) in [6.07, 6.45) is -0.598. The van der Waals surface area contributed by atoms with Crippen LogP contribution in [-0.4, -0.2) is 17.0 Å². The van der Waals surface area contributed by atoms with E-state index in [1.807, 2.05) is 121 Å². The highest BCUT2D eigenvalue weighted by molar-refractivity contribution is 7.72. The Morgan fingerprint density at radius 1 is 0.533 bits per heavy atom. The standard InChI is InChI=1S/C35H40O8P2/c1-35(2,3)43-33(36)24-34(44(37,39-25-29-16-8-4-9-17-29)40-26-30-18-10-5-11-19-30)45(38,41-27-31-20-12-6-13-21-31)42-28-32-22-14-7-15-23-32/h4-23,34H,24-28H2,1-3H3. The third kappa shape index (κ3) is 11.2. The highest BCUT2D eigenvalue weighted by atomic mass is 31.2. The molecule has 0 N–H and O–H groups in total. The van der Waals surface area contributed by atoms with E-state index in [-0.39, 0.29) is 26.4 Å². The number of benzene rings is 4. The van der Waals surface area contributed by atoms with Gasteiger partial charge in [0, 0.05) is 0 Å². The van der Waals surface area contributed by atoms with Gasteiger partial charge in [-0.05, 0) is 43.0 Å². The average Bonchev–Trinajstić information content (AvgIpc) is 3.05. The van der Waals surface area contributed by atoms with Gasteiger partial charge < -0.3 is 22.8 Å². The van der Waals surface area contributed by atoms with Crippen LogP contribution in [0.5, 0.6) is 0 Å². The molecule has 0 amide bonds. The number of hydrogen-bond donors (Lipinski definition) is 0. The number of carbonyl (C=O) groups excluding carboxylic acids is 1. The average molecular weight is 651 g/mol. The van der Waals surface area contributed by atoms with Gasteiger partial charge >= 0.3 is 21.2 Å². The van der Waals surface area contributed by atoms with E-state index < -0.39 is 38.6 Å². The van der Waals surface area contributed by atoms with Crippen LogP contribution >= 0.6 is 15.2 Å². The molecule has 8 nitrogen and oxygen atoms in total. The predicted octanol–water partition coefficient (Wildman–Crippen LogP) is 9.30. The van der Waals surface area contributed by atoms with Crippen LogP contribution in [0.2, 0.25) is 0 Å². The smallest absolute Gasteiger partial charge is 0.347 e. The lowest BCUT2D eigenvalue weighted by Crippen LogP contribution is -2.28. The second-order valence-electron chi connectivity index (χ2n) is 11.4. The fourth-order valence-electron chi connectivity index (χ4n) is 4.30. The van der Waals surface area contributed by atoms with Crippen LogP contribution in [0.1, 0.15) is 49.4 Å². The van der Waals surface area contributed by atoms with Gasteiger partial charge in [-0.2, -0.15) is 0 Å².